The molecule has 1 aliphatic carbocycles. The van der Waals surface area contributed by atoms with Gasteiger partial charge in [-0.2, -0.15) is 0 Å². The van der Waals surface area contributed by atoms with Crippen LogP contribution in [0.2, 0.25) is 0 Å². The van der Waals surface area contributed by atoms with Crippen LogP contribution in [-0.2, 0) is 0 Å². The molecule has 0 aliphatic heterocycles. The molecule has 0 aromatic carbocycles. The van der Waals surface area contributed by atoms with Gasteiger partial charge >= 0.3 is 0 Å². The third-order valence-corrected chi connectivity index (χ3v) is 2.98. The second-order valence-electron chi connectivity index (χ2n) is 4.21. The summed E-state index contributed by atoms with van der Waals surface area (Å²) in [4.78, 5) is 8.22. The molecular weight excluding hydrogens is 202 g/mol. The van der Waals surface area contributed by atoms with E-state index in [-0.39, 0.29) is 0 Å². The second-order valence-corrected chi connectivity index (χ2v) is 4.21. The summed E-state index contributed by atoms with van der Waals surface area (Å²) in [6.45, 7) is 3.61. The highest BCUT2D eigenvalue weighted by atomic mass is 16.5. The molecule has 0 saturated heterocycles. The summed E-state index contributed by atoms with van der Waals surface area (Å²) >= 11 is 0. The van der Waals surface area contributed by atoms with Crippen LogP contribution in [0.3, 0.4) is 0 Å². The fraction of sp³-hybridized carbons (Fsp3) is 0.667. The highest BCUT2D eigenvalue weighted by Crippen LogP contribution is 2.24. The van der Waals surface area contributed by atoms with E-state index in [1.54, 1.807) is 6.33 Å². The minimum absolute atomic E-state index is 0.638. The predicted molar refractivity (Wildman–Crippen MR) is 63.6 cm³/mol. The average Bonchev–Trinajstić information content (AvgIpc) is 2.80. The van der Waals surface area contributed by atoms with Gasteiger partial charge < -0.3 is 10.1 Å². The molecule has 1 aromatic heterocycles. The molecule has 1 saturated carbocycles. The standard InChI is InChI=1S/C12H19N3O/c1-2-16-12-7-11(14-9-15-12)13-8-10-5-3-4-6-10/h7,9-10H,2-6,8H2,1H3,(H,13,14,15). The number of hydrogen-bond acceptors (Lipinski definition) is 4. The lowest BCUT2D eigenvalue weighted by atomic mass is 10.1. The summed E-state index contributed by atoms with van der Waals surface area (Å²) < 4.78 is 5.33. The molecule has 0 amide bonds. The molecule has 1 aromatic rings. The molecule has 4 nitrogen and oxygen atoms in total. The molecule has 1 fully saturated rings. The van der Waals surface area contributed by atoms with Crippen molar-refractivity contribution in [2.24, 2.45) is 5.92 Å². The van der Waals surface area contributed by atoms with Gasteiger partial charge in [-0.15, -0.1) is 0 Å². The van der Waals surface area contributed by atoms with Crippen LogP contribution in [-0.4, -0.2) is 23.1 Å². The molecule has 0 atom stereocenters. The topological polar surface area (TPSA) is 47.0 Å². The molecule has 1 aliphatic rings. The van der Waals surface area contributed by atoms with Gasteiger partial charge in [-0.3, -0.25) is 0 Å². The van der Waals surface area contributed by atoms with Crippen molar-refractivity contribution in [3.8, 4) is 5.88 Å². The van der Waals surface area contributed by atoms with Gasteiger partial charge in [0.05, 0.1) is 6.61 Å². The quantitative estimate of drug-likeness (QED) is 0.829. The van der Waals surface area contributed by atoms with Crippen molar-refractivity contribution < 1.29 is 4.74 Å². The first kappa shape index (κ1) is 11.2. The Hall–Kier alpha value is -1.32. The van der Waals surface area contributed by atoms with E-state index in [1.165, 1.54) is 25.7 Å². The van der Waals surface area contributed by atoms with E-state index >= 15 is 0 Å². The van der Waals surface area contributed by atoms with Gasteiger partial charge in [0, 0.05) is 12.6 Å². The van der Waals surface area contributed by atoms with E-state index in [0.717, 1.165) is 18.3 Å². The van der Waals surface area contributed by atoms with Gasteiger partial charge in [-0.1, -0.05) is 12.8 Å². The molecule has 0 radical (unpaired) electrons. The monoisotopic (exact) mass is 221 g/mol. The molecule has 88 valence electrons. The minimum atomic E-state index is 0.638. The molecule has 1 N–H and O–H groups in total. The SMILES string of the molecule is CCOc1cc(NCC2CCCC2)ncn1. The maximum absolute atomic E-state index is 5.33. The van der Waals surface area contributed by atoms with Crippen LogP contribution in [0.25, 0.3) is 0 Å². The van der Waals surface area contributed by atoms with Crippen molar-refractivity contribution in [3.05, 3.63) is 12.4 Å². The van der Waals surface area contributed by atoms with Crippen molar-refractivity contribution in [1.29, 1.82) is 0 Å². The first-order chi connectivity index (χ1) is 7.88. The number of hydrogen-bond donors (Lipinski definition) is 1. The van der Waals surface area contributed by atoms with Gasteiger partial charge in [-0.05, 0) is 25.7 Å². The predicted octanol–water partition coefficient (Wildman–Crippen LogP) is 2.48. The molecule has 16 heavy (non-hydrogen) atoms. The summed E-state index contributed by atoms with van der Waals surface area (Å²) in [5.74, 6) is 2.32. The van der Waals surface area contributed by atoms with Crippen molar-refractivity contribution in [3.63, 3.8) is 0 Å². The van der Waals surface area contributed by atoms with Gasteiger partial charge in [0.15, 0.2) is 0 Å². The largest absolute Gasteiger partial charge is 0.478 e. The Labute approximate surface area is 96.4 Å². The van der Waals surface area contributed by atoms with Gasteiger partial charge in [0.2, 0.25) is 5.88 Å². The van der Waals surface area contributed by atoms with Gasteiger partial charge in [-0.25, -0.2) is 9.97 Å². The van der Waals surface area contributed by atoms with Crippen LogP contribution in [0.1, 0.15) is 32.6 Å². The van der Waals surface area contributed by atoms with Gasteiger partial charge in [0.25, 0.3) is 0 Å². The highest BCUT2D eigenvalue weighted by molar-refractivity contribution is 5.37. The molecule has 0 unspecified atom stereocenters. The molecule has 4 heteroatoms. The molecule has 2 rings (SSSR count). The van der Waals surface area contributed by atoms with Gasteiger partial charge in [0.1, 0.15) is 12.1 Å². The summed E-state index contributed by atoms with van der Waals surface area (Å²) in [5.41, 5.74) is 0. The van der Waals surface area contributed by atoms with Crippen LogP contribution in [0.4, 0.5) is 5.82 Å². The Bertz CT molecular complexity index is 324. The minimum Gasteiger partial charge on any atom is -0.478 e. The lowest BCUT2D eigenvalue weighted by Crippen LogP contribution is -2.12. The number of nitrogens with zero attached hydrogens (tertiary/aromatic N) is 2. The average molecular weight is 221 g/mol. The number of ether oxygens (including phenoxy) is 1. The van der Waals surface area contributed by atoms with Crippen LogP contribution in [0.15, 0.2) is 12.4 Å². The van der Waals surface area contributed by atoms with Crippen LogP contribution < -0.4 is 10.1 Å². The van der Waals surface area contributed by atoms with Crippen molar-refractivity contribution in [1.82, 2.24) is 9.97 Å². The molecular formula is C12H19N3O. The summed E-state index contributed by atoms with van der Waals surface area (Å²) in [6, 6.07) is 1.86. The van der Waals surface area contributed by atoms with E-state index in [1.807, 2.05) is 13.0 Å². The summed E-state index contributed by atoms with van der Waals surface area (Å²) in [7, 11) is 0. The number of anilines is 1. The van der Waals surface area contributed by atoms with E-state index < -0.39 is 0 Å². The van der Waals surface area contributed by atoms with Crippen molar-refractivity contribution in [2.75, 3.05) is 18.5 Å². The third-order valence-electron chi connectivity index (χ3n) is 2.98. The van der Waals surface area contributed by atoms with E-state index in [2.05, 4.69) is 15.3 Å². The van der Waals surface area contributed by atoms with Crippen LogP contribution >= 0.6 is 0 Å². The highest BCUT2D eigenvalue weighted by Gasteiger charge is 2.14. The number of aromatic nitrogens is 2. The summed E-state index contributed by atoms with van der Waals surface area (Å²) in [6.07, 6.45) is 6.98. The first-order valence-corrected chi connectivity index (χ1v) is 6.07. The van der Waals surface area contributed by atoms with Crippen LogP contribution in [0.5, 0.6) is 5.88 Å². The molecule has 1 heterocycles. The van der Waals surface area contributed by atoms with Crippen molar-refractivity contribution >= 4 is 5.82 Å². The fourth-order valence-electron chi connectivity index (χ4n) is 2.13. The van der Waals surface area contributed by atoms with Crippen molar-refractivity contribution in [2.45, 2.75) is 32.6 Å². The Morgan fingerprint density at radius 3 is 2.94 bits per heavy atom. The maximum Gasteiger partial charge on any atom is 0.218 e. The smallest absolute Gasteiger partial charge is 0.218 e. The number of rotatable bonds is 5. The zero-order valence-electron chi connectivity index (χ0n) is 9.78. The Kier molecular flexibility index (Phi) is 3.97. The van der Waals surface area contributed by atoms with Crippen LogP contribution in [0, 0.1) is 5.92 Å². The second kappa shape index (κ2) is 5.68. The fourth-order valence-corrected chi connectivity index (χ4v) is 2.13. The Balaban J connectivity index is 1.85. The molecule has 0 spiro atoms. The third kappa shape index (κ3) is 3.08. The Morgan fingerprint density at radius 2 is 2.19 bits per heavy atom. The van der Waals surface area contributed by atoms with E-state index in [4.69, 9.17) is 4.74 Å². The lowest BCUT2D eigenvalue weighted by molar-refractivity contribution is 0.326. The first-order valence-electron chi connectivity index (χ1n) is 6.07. The van der Waals surface area contributed by atoms with E-state index in [0.29, 0.717) is 12.5 Å². The van der Waals surface area contributed by atoms with E-state index in [9.17, 15) is 0 Å². The Morgan fingerprint density at radius 1 is 1.38 bits per heavy atom. The zero-order valence-corrected chi connectivity index (χ0v) is 9.78. The lowest BCUT2D eigenvalue weighted by Gasteiger charge is -2.11. The zero-order chi connectivity index (χ0) is 11.2. The molecule has 0 bridgehead atoms. The summed E-state index contributed by atoms with van der Waals surface area (Å²) in [5, 5.41) is 3.35. The number of nitrogens with one attached hydrogen (secondary N) is 1. The normalized spacial score (nSPS) is 16.3. The maximum atomic E-state index is 5.33.